The van der Waals surface area contributed by atoms with Crippen molar-refractivity contribution in [1.29, 1.82) is 0 Å². The summed E-state index contributed by atoms with van der Waals surface area (Å²) in [7, 11) is 1.93. The maximum atomic E-state index is 12.2. The highest BCUT2D eigenvalue weighted by molar-refractivity contribution is 5.85. The summed E-state index contributed by atoms with van der Waals surface area (Å²) < 4.78 is 0. The molecule has 0 bridgehead atoms. The molecule has 21 heavy (non-hydrogen) atoms. The van der Waals surface area contributed by atoms with Crippen LogP contribution in [0, 0.1) is 0 Å². The molecule has 2 rings (SSSR count). The van der Waals surface area contributed by atoms with Gasteiger partial charge < -0.3 is 10.2 Å². The Hall–Kier alpha value is -1.06. The smallest absolute Gasteiger partial charge is 0.222 e. The first-order chi connectivity index (χ1) is 9.81. The molecular formula is C17H27ClN2O. The van der Waals surface area contributed by atoms with E-state index in [-0.39, 0.29) is 12.4 Å². The minimum atomic E-state index is 0. The second-order valence-electron chi connectivity index (χ2n) is 5.61. The molecule has 1 aliphatic heterocycles. The van der Waals surface area contributed by atoms with Gasteiger partial charge in [0.05, 0.1) is 0 Å². The average molecular weight is 311 g/mol. The van der Waals surface area contributed by atoms with Gasteiger partial charge in [-0.3, -0.25) is 4.79 Å². The molecule has 0 aromatic heterocycles. The minimum Gasteiger partial charge on any atom is -0.340 e. The second-order valence-corrected chi connectivity index (χ2v) is 5.61. The van der Waals surface area contributed by atoms with Gasteiger partial charge >= 0.3 is 0 Å². The number of hydrogen-bond acceptors (Lipinski definition) is 2. The van der Waals surface area contributed by atoms with Crippen LogP contribution in [-0.4, -0.2) is 37.0 Å². The molecule has 118 valence electrons. The van der Waals surface area contributed by atoms with Crippen LogP contribution < -0.4 is 5.32 Å². The predicted molar refractivity (Wildman–Crippen MR) is 89.9 cm³/mol. The fourth-order valence-corrected chi connectivity index (χ4v) is 3.00. The summed E-state index contributed by atoms with van der Waals surface area (Å²) in [5.41, 5.74) is 1.38. The fourth-order valence-electron chi connectivity index (χ4n) is 3.00. The van der Waals surface area contributed by atoms with Crippen molar-refractivity contribution in [3.63, 3.8) is 0 Å². The van der Waals surface area contributed by atoms with Crippen LogP contribution in [0.1, 0.15) is 37.7 Å². The van der Waals surface area contributed by atoms with Gasteiger partial charge in [-0.1, -0.05) is 30.3 Å². The Balaban J connectivity index is 0.00000220. The van der Waals surface area contributed by atoms with E-state index >= 15 is 0 Å². The summed E-state index contributed by atoms with van der Waals surface area (Å²) in [6, 6.07) is 11.0. The highest BCUT2D eigenvalue weighted by Gasteiger charge is 2.27. The molecule has 0 aliphatic carbocycles. The fraction of sp³-hybridized carbons (Fsp3) is 0.588. The van der Waals surface area contributed by atoms with Gasteiger partial charge in [0.2, 0.25) is 5.91 Å². The number of halogens is 1. The number of likely N-dealkylation sites (tertiary alicyclic amines) is 1. The maximum Gasteiger partial charge on any atom is 0.222 e. The summed E-state index contributed by atoms with van der Waals surface area (Å²) in [5.74, 6) is 0.343. The van der Waals surface area contributed by atoms with E-state index in [0.717, 1.165) is 38.8 Å². The Labute approximate surface area is 134 Å². The molecule has 1 aliphatic rings. The molecule has 1 unspecified atom stereocenters. The molecule has 1 aromatic rings. The lowest BCUT2D eigenvalue weighted by molar-refractivity contribution is -0.132. The SMILES string of the molecule is CNCCCC(=O)N1CCCC1CCc1ccccc1.Cl. The molecule has 0 saturated carbocycles. The average Bonchev–Trinajstić information content (AvgIpc) is 2.95. The number of hydrogen-bond donors (Lipinski definition) is 1. The van der Waals surface area contributed by atoms with E-state index in [9.17, 15) is 4.79 Å². The number of aryl methyl sites for hydroxylation is 1. The number of nitrogens with zero attached hydrogens (tertiary/aromatic N) is 1. The molecule has 1 aromatic carbocycles. The molecule has 3 nitrogen and oxygen atoms in total. The molecule has 1 fully saturated rings. The number of rotatable bonds is 7. The van der Waals surface area contributed by atoms with Crippen molar-refractivity contribution in [2.45, 2.75) is 44.6 Å². The van der Waals surface area contributed by atoms with Gasteiger partial charge in [-0.25, -0.2) is 0 Å². The third-order valence-electron chi connectivity index (χ3n) is 4.12. The highest BCUT2D eigenvalue weighted by atomic mass is 35.5. The number of amides is 1. The molecule has 1 amide bonds. The van der Waals surface area contributed by atoms with E-state index in [1.807, 2.05) is 7.05 Å². The zero-order valence-electron chi connectivity index (χ0n) is 12.9. The van der Waals surface area contributed by atoms with Crippen molar-refractivity contribution in [3.8, 4) is 0 Å². The van der Waals surface area contributed by atoms with Crippen LogP contribution in [0.15, 0.2) is 30.3 Å². The van der Waals surface area contributed by atoms with E-state index in [1.165, 1.54) is 12.0 Å². The first-order valence-electron chi connectivity index (χ1n) is 7.79. The number of nitrogens with one attached hydrogen (secondary N) is 1. The molecule has 0 spiro atoms. The van der Waals surface area contributed by atoms with Crippen LogP contribution in [0.4, 0.5) is 0 Å². The van der Waals surface area contributed by atoms with Crippen LogP contribution >= 0.6 is 12.4 Å². The lowest BCUT2D eigenvalue weighted by Crippen LogP contribution is -2.36. The van der Waals surface area contributed by atoms with Gasteiger partial charge in [-0.2, -0.15) is 0 Å². The van der Waals surface area contributed by atoms with E-state index in [2.05, 4.69) is 40.5 Å². The van der Waals surface area contributed by atoms with Gasteiger partial charge in [-0.05, 0) is 51.3 Å². The van der Waals surface area contributed by atoms with Crippen LogP contribution in [-0.2, 0) is 11.2 Å². The zero-order chi connectivity index (χ0) is 14.2. The van der Waals surface area contributed by atoms with Gasteiger partial charge in [0.1, 0.15) is 0 Å². The topological polar surface area (TPSA) is 32.3 Å². The standard InChI is InChI=1S/C17H26N2O.ClH/c1-18-13-5-10-17(20)19-14-6-9-16(19)12-11-15-7-3-2-4-8-15;/h2-4,7-8,16,18H,5-6,9-14H2,1H3;1H. The van der Waals surface area contributed by atoms with Gasteiger partial charge in [0.25, 0.3) is 0 Å². The van der Waals surface area contributed by atoms with Crippen LogP contribution in [0.5, 0.6) is 0 Å². The lowest BCUT2D eigenvalue weighted by atomic mass is 10.0. The second kappa shape index (κ2) is 9.80. The quantitative estimate of drug-likeness (QED) is 0.785. The molecule has 1 atom stereocenters. The summed E-state index contributed by atoms with van der Waals surface area (Å²) in [6.07, 6.45) is 6.13. The molecule has 1 N–H and O–H groups in total. The van der Waals surface area contributed by atoms with Crippen molar-refractivity contribution >= 4 is 18.3 Å². The van der Waals surface area contributed by atoms with Gasteiger partial charge in [0.15, 0.2) is 0 Å². The summed E-state index contributed by atoms with van der Waals surface area (Å²) in [6.45, 7) is 1.88. The summed E-state index contributed by atoms with van der Waals surface area (Å²) in [4.78, 5) is 14.4. The minimum absolute atomic E-state index is 0. The molecule has 1 heterocycles. The molecule has 1 saturated heterocycles. The van der Waals surface area contributed by atoms with Crippen molar-refractivity contribution in [2.75, 3.05) is 20.1 Å². The van der Waals surface area contributed by atoms with E-state index in [0.29, 0.717) is 18.4 Å². The highest BCUT2D eigenvalue weighted by Crippen LogP contribution is 2.22. The third-order valence-corrected chi connectivity index (χ3v) is 4.12. The Morgan fingerprint density at radius 1 is 1.33 bits per heavy atom. The normalized spacial score (nSPS) is 17.6. The Morgan fingerprint density at radius 2 is 2.10 bits per heavy atom. The van der Waals surface area contributed by atoms with Crippen LogP contribution in [0.3, 0.4) is 0 Å². The van der Waals surface area contributed by atoms with Crippen LogP contribution in [0.2, 0.25) is 0 Å². The molecular weight excluding hydrogens is 284 g/mol. The lowest BCUT2D eigenvalue weighted by Gasteiger charge is -2.25. The number of benzene rings is 1. The van der Waals surface area contributed by atoms with Gasteiger partial charge in [-0.15, -0.1) is 12.4 Å². The van der Waals surface area contributed by atoms with Crippen molar-refractivity contribution in [1.82, 2.24) is 10.2 Å². The number of carbonyl (C=O) groups excluding carboxylic acids is 1. The molecule has 0 radical (unpaired) electrons. The Kier molecular flexibility index (Phi) is 8.40. The van der Waals surface area contributed by atoms with E-state index in [4.69, 9.17) is 0 Å². The van der Waals surface area contributed by atoms with Crippen molar-refractivity contribution in [2.24, 2.45) is 0 Å². The Bertz CT molecular complexity index is 411. The Morgan fingerprint density at radius 3 is 2.81 bits per heavy atom. The number of carbonyl (C=O) groups is 1. The summed E-state index contributed by atoms with van der Waals surface area (Å²) in [5, 5.41) is 3.10. The van der Waals surface area contributed by atoms with Crippen LogP contribution in [0.25, 0.3) is 0 Å². The first-order valence-corrected chi connectivity index (χ1v) is 7.79. The maximum absolute atomic E-state index is 12.2. The zero-order valence-corrected chi connectivity index (χ0v) is 13.7. The molecule has 4 heteroatoms. The predicted octanol–water partition coefficient (Wildman–Crippen LogP) is 3.03. The van der Waals surface area contributed by atoms with Crippen molar-refractivity contribution in [3.05, 3.63) is 35.9 Å². The first kappa shape index (κ1) is 18.0. The monoisotopic (exact) mass is 310 g/mol. The largest absolute Gasteiger partial charge is 0.340 e. The third kappa shape index (κ3) is 5.68. The van der Waals surface area contributed by atoms with Gasteiger partial charge in [0, 0.05) is 19.0 Å². The summed E-state index contributed by atoms with van der Waals surface area (Å²) >= 11 is 0. The van der Waals surface area contributed by atoms with E-state index < -0.39 is 0 Å². The van der Waals surface area contributed by atoms with E-state index in [1.54, 1.807) is 0 Å². The van der Waals surface area contributed by atoms with Crippen molar-refractivity contribution < 1.29 is 4.79 Å².